The van der Waals surface area contributed by atoms with Gasteiger partial charge in [-0.1, -0.05) is 18.3 Å². The van der Waals surface area contributed by atoms with Crippen LogP contribution in [0.3, 0.4) is 0 Å². The lowest BCUT2D eigenvalue weighted by Crippen LogP contribution is -2.14. The minimum atomic E-state index is 0.249. The number of ether oxygens (including phenoxy) is 1. The van der Waals surface area contributed by atoms with Gasteiger partial charge in [0, 0.05) is 6.20 Å². The Morgan fingerprint density at radius 2 is 2.28 bits per heavy atom. The molecule has 2 aromatic rings. The molecule has 0 spiro atoms. The molecule has 2 rings (SSSR count). The first-order valence-corrected chi connectivity index (χ1v) is 6.61. The third-order valence-electron chi connectivity index (χ3n) is 2.69. The first kappa shape index (κ1) is 12.9. The second kappa shape index (κ2) is 5.88. The Balaban J connectivity index is 2.34. The minimum absolute atomic E-state index is 0.249. The van der Waals surface area contributed by atoms with Crippen LogP contribution in [-0.4, -0.2) is 29.3 Å². The number of aromatic nitrogens is 3. The van der Waals surface area contributed by atoms with Crippen LogP contribution in [0.2, 0.25) is 0 Å². The molecule has 0 aliphatic carbocycles. The fourth-order valence-electron chi connectivity index (χ4n) is 1.70. The van der Waals surface area contributed by atoms with Crippen LogP contribution in [0.5, 0.6) is 5.88 Å². The molecule has 96 valence electrons. The monoisotopic (exact) mass is 264 g/mol. The van der Waals surface area contributed by atoms with E-state index >= 15 is 0 Å². The zero-order chi connectivity index (χ0) is 13.0. The van der Waals surface area contributed by atoms with Gasteiger partial charge >= 0.3 is 0 Å². The van der Waals surface area contributed by atoms with Crippen LogP contribution < -0.4 is 10.1 Å². The van der Waals surface area contributed by atoms with Crippen LogP contribution in [0.15, 0.2) is 18.3 Å². The first-order chi connectivity index (χ1) is 8.80. The van der Waals surface area contributed by atoms with Gasteiger partial charge in [-0.05, 0) is 25.6 Å². The summed E-state index contributed by atoms with van der Waals surface area (Å²) in [5.74, 6) is 0.581. The summed E-state index contributed by atoms with van der Waals surface area (Å²) in [5, 5.41) is 13.5. The summed E-state index contributed by atoms with van der Waals surface area (Å²) in [7, 11) is 3.54. The molecule has 0 aliphatic heterocycles. The van der Waals surface area contributed by atoms with Gasteiger partial charge < -0.3 is 10.1 Å². The third-order valence-corrected chi connectivity index (χ3v) is 3.76. The summed E-state index contributed by atoms with van der Waals surface area (Å²) in [5.41, 5.74) is 0.884. The minimum Gasteiger partial charge on any atom is -0.480 e. The molecule has 1 N–H and O–H groups in total. The summed E-state index contributed by atoms with van der Waals surface area (Å²) in [6.45, 7) is 2.12. The zero-order valence-electron chi connectivity index (χ0n) is 10.7. The molecule has 0 amide bonds. The molecule has 1 unspecified atom stereocenters. The van der Waals surface area contributed by atoms with Crippen LogP contribution in [0.4, 0.5) is 0 Å². The van der Waals surface area contributed by atoms with E-state index in [2.05, 4.69) is 27.4 Å². The van der Waals surface area contributed by atoms with E-state index in [1.54, 1.807) is 24.6 Å². The molecular weight excluding hydrogens is 248 g/mol. The van der Waals surface area contributed by atoms with Crippen molar-refractivity contribution in [2.75, 3.05) is 14.2 Å². The second-order valence-corrected chi connectivity index (χ2v) is 4.76. The van der Waals surface area contributed by atoms with Gasteiger partial charge in [-0.25, -0.2) is 4.98 Å². The lowest BCUT2D eigenvalue weighted by Gasteiger charge is -2.08. The number of methoxy groups -OCH3 is 1. The largest absolute Gasteiger partial charge is 0.480 e. The van der Waals surface area contributed by atoms with Crippen LogP contribution in [-0.2, 0) is 0 Å². The lowest BCUT2D eigenvalue weighted by atomic mass is 10.2. The van der Waals surface area contributed by atoms with Crippen molar-refractivity contribution < 1.29 is 4.74 Å². The quantitative estimate of drug-likeness (QED) is 0.897. The molecule has 2 aromatic heterocycles. The second-order valence-electron chi connectivity index (χ2n) is 3.76. The van der Waals surface area contributed by atoms with Crippen molar-refractivity contribution >= 4 is 11.3 Å². The number of hydrogen-bond donors (Lipinski definition) is 1. The Bertz CT molecular complexity index is 510. The van der Waals surface area contributed by atoms with E-state index in [9.17, 15) is 0 Å². The van der Waals surface area contributed by atoms with E-state index in [0.717, 1.165) is 22.0 Å². The van der Waals surface area contributed by atoms with E-state index in [1.165, 1.54) is 0 Å². The topological polar surface area (TPSA) is 59.9 Å². The molecule has 0 saturated heterocycles. The van der Waals surface area contributed by atoms with Crippen molar-refractivity contribution in [3.8, 4) is 16.5 Å². The highest BCUT2D eigenvalue weighted by Gasteiger charge is 2.16. The van der Waals surface area contributed by atoms with Crippen LogP contribution >= 0.6 is 11.3 Å². The molecule has 1 atom stereocenters. The molecule has 0 fully saturated rings. The number of rotatable bonds is 5. The fourth-order valence-corrected chi connectivity index (χ4v) is 2.76. The maximum absolute atomic E-state index is 5.23. The number of hydrogen-bond acceptors (Lipinski definition) is 6. The summed E-state index contributed by atoms with van der Waals surface area (Å²) in [6.07, 6.45) is 2.68. The number of pyridine rings is 1. The van der Waals surface area contributed by atoms with Gasteiger partial charge in [0.2, 0.25) is 5.88 Å². The van der Waals surface area contributed by atoms with Crippen molar-refractivity contribution in [1.82, 2.24) is 20.5 Å². The van der Waals surface area contributed by atoms with Gasteiger partial charge in [-0.2, -0.15) is 0 Å². The zero-order valence-corrected chi connectivity index (χ0v) is 11.5. The van der Waals surface area contributed by atoms with E-state index < -0.39 is 0 Å². The first-order valence-electron chi connectivity index (χ1n) is 5.80. The molecular formula is C12H16N4OS. The third kappa shape index (κ3) is 2.49. The van der Waals surface area contributed by atoms with E-state index in [4.69, 9.17) is 4.74 Å². The van der Waals surface area contributed by atoms with Gasteiger partial charge in [-0.3, -0.25) is 0 Å². The molecule has 5 nitrogen and oxygen atoms in total. The highest BCUT2D eigenvalue weighted by atomic mass is 32.1. The van der Waals surface area contributed by atoms with E-state index in [0.29, 0.717) is 5.88 Å². The van der Waals surface area contributed by atoms with E-state index in [-0.39, 0.29) is 6.04 Å². The maximum Gasteiger partial charge on any atom is 0.223 e. The molecule has 0 bridgehead atoms. The van der Waals surface area contributed by atoms with Crippen LogP contribution in [0.1, 0.15) is 24.4 Å². The highest BCUT2D eigenvalue weighted by Crippen LogP contribution is 2.32. The molecule has 0 aromatic carbocycles. The molecule has 18 heavy (non-hydrogen) atoms. The van der Waals surface area contributed by atoms with Crippen molar-refractivity contribution in [3.05, 3.63) is 23.3 Å². The summed E-state index contributed by atoms with van der Waals surface area (Å²) < 4.78 is 5.23. The fraction of sp³-hybridized carbons (Fsp3) is 0.417. The maximum atomic E-state index is 5.23. The average Bonchev–Trinajstić information content (AvgIpc) is 2.89. The number of nitrogens with zero attached hydrogens (tertiary/aromatic N) is 3. The van der Waals surface area contributed by atoms with Gasteiger partial charge in [0.1, 0.15) is 5.01 Å². The van der Waals surface area contributed by atoms with Gasteiger partial charge in [0.25, 0.3) is 0 Å². The Kier molecular flexibility index (Phi) is 4.22. The predicted octanol–water partition coefficient (Wildman–Crippen LogP) is 2.28. The summed E-state index contributed by atoms with van der Waals surface area (Å²) in [4.78, 5) is 4.17. The normalized spacial score (nSPS) is 12.4. The van der Waals surface area contributed by atoms with Crippen LogP contribution in [0.25, 0.3) is 10.6 Å². The number of nitrogens with one attached hydrogen (secondary N) is 1. The van der Waals surface area contributed by atoms with Crippen molar-refractivity contribution in [2.45, 2.75) is 19.4 Å². The molecule has 6 heteroatoms. The molecule has 2 heterocycles. The lowest BCUT2D eigenvalue weighted by molar-refractivity contribution is 0.399. The van der Waals surface area contributed by atoms with Gasteiger partial charge in [0.15, 0.2) is 5.01 Å². The highest BCUT2D eigenvalue weighted by molar-refractivity contribution is 7.14. The Morgan fingerprint density at radius 3 is 2.94 bits per heavy atom. The Hall–Kier alpha value is -1.53. The molecule has 0 saturated carbocycles. The van der Waals surface area contributed by atoms with E-state index in [1.807, 2.05) is 19.2 Å². The summed E-state index contributed by atoms with van der Waals surface area (Å²) in [6, 6.07) is 4.06. The van der Waals surface area contributed by atoms with Crippen molar-refractivity contribution in [3.63, 3.8) is 0 Å². The Labute approximate surface area is 110 Å². The average molecular weight is 264 g/mol. The molecule has 0 aliphatic rings. The SMILES string of the molecule is CCC(NC)c1nnc(-c2cccnc2OC)s1. The van der Waals surface area contributed by atoms with Crippen molar-refractivity contribution in [1.29, 1.82) is 0 Å². The van der Waals surface area contributed by atoms with Crippen molar-refractivity contribution in [2.24, 2.45) is 0 Å². The molecule has 0 radical (unpaired) electrons. The standard InChI is InChI=1S/C12H16N4OS/c1-4-9(13-2)12-16-15-11(18-12)8-6-5-7-14-10(8)17-3/h5-7,9,13H,4H2,1-3H3. The van der Waals surface area contributed by atoms with Gasteiger partial charge in [0.05, 0.1) is 18.7 Å². The van der Waals surface area contributed by atoms with Gasteiger partial charge in [-0.15, -0.1) is 10.2 Å². The predicted molar refractivity (Wildman–Crippen MR) is 71.8 cm³/mol. The summed E-state index contributed by atoms with van der Waals surface area (Å²) >= 11 is 1.57. The van der Waals surface area contributed by atoms with Crippen LogP contribution in [0, 0.1) is 0 Å². The Morgan fingerprint density at radius 1 is 1.44 bits per heavy atom. The smallest absolute Gasteiger partial charge is 0.223 e.